The van der Waals surface area contributed by atoms with Gasteiger partial charge in [0, 0.05) is 35.0 Å². The van der Waals surface area contributed by atoms with Gasteiger partial charge in [0.05, 0.1) is 12.8 Å². The lowest BCUT2D eigenvalue weighted by atomic mass is 10.0. The number of ether oxygens (including phenoxy) is 1. The van der Waals surface area contributed by atoms with Gasteiger partial charge in [0.25, 0.3) is 0 Å². The summed E-state index contributed by atoms with van der Waals surface area (Å²) < 4.78 is 19.6. The van der Waals surface area contributed by atoms with E-state index < -0.39 is 5.82 Å². The topological polar surface area (TPSA) is 70.8 Å². The molecule has 0 atom stereocenters. The molecule has 0 fully saturated rings. The lowest BCUT2D eigenvalue weighted by Crippen LogP contribution is -2.06. The normalized spacial score (nSPS) is 11.0. The maximum atomic E-state index is 14.6. The van der Waals surface area contributed by atoms with Crippen LogP contribution in [-0.2, 0) is 0 Å². The van der Waals surface area contributed by atoms with Gasteiger partial charge in [-0.1, -0.05) is 6.07 Å². The molecule has 124 valence electrons. The van der Waals surface area contributed by atoms with Crippen LogP contribution in [0.5, 0.6) is 5.75 Å². The summed E-state index contributed by atoms with van der Waals surface area (Å²) in [5, 5.41) is 0.894. The zero-order valence-corrected chi connectivity index (χ0v) is 13.3. The number of hydrogen-bond donors (Lipinski definition) is 2. The van der Waals surface area contributed by atoms with Crippen LogP contribution in [0.25, 0.3) is 33.4 Å². The van der Waals surface area contributed by atoms with Crippen LogP contribution >= 0.6 is 0 Å². The van der Waals surface area contributed by atoms with Crippen molar-refractivity contribution in [1.29, 1.82) is 0 Å². The van der Waals surface area contributed by atoms with Crippen LogP contribution in [0, 0.1) is 5.82 Å². The highest BCUT2D eigenvalue weighted by molar-refractivity contribution is 5.94. The maximum Gasteiger partial charge on any atom is 0.249 e. The lowest BCUT2D eigenvalue weighted by Gasteiger charge is -2.09. The molecule has 4 aromatic rings. The van der Waals surface area contributed by atoms with E-state index in [1.807, 2.05) is 12.1 Å². The average Bonchev–Trinajstić information content (AvgIpc) is 3.05. The Hall–Kier alpha value is -3.41. The zero-order chi connectivity index (χ0) is 17.4. The number of halogens is 1. The molecule has 0 unspecified atom stereocenters. The number of methoxy groups -OCH3 is 1. The van der Waals surface area contributed by atoms with Crippen LogP contribution in [0.3, 0.4) is 0 Å². The number of aromatic nitrogens is 3. The van der Waals surface area contributed by atoms with Gasteiger partial charge in [0.2, 0.25) is 5.56 Å². The van der Waals surface area contributed by atoms with Crippen molar-refractivity contribution in [2.24, 2.45) is 0 Å². The van der Waals surface area contributed by atoms with E-state index in [4.69, 9.17) is 4.74 Å². The molecular weight excluding hydrogens is 321 g/mol. The van der Waals surface area contributed by atoms with Crippen molar-refractivity contribution in [3.63, 3.8) is 0 Å². The second kappa shape index (κ2) is 5.90. The van der Waals surface area contributed by atoms with Gasteiger partial charge in [-0.25, -0.2) is 9.37 Å². The minimum Gasteiger partial charge on any atom is -0.494 e. The van der Waals surface area contributed by atoms with E-state index in [0.29, 0.717) is 11.3 Å². The maximum absolute atomic E-state index is 14.6. The minimum atomic E-state index is -0.515. The number of hydrogen-bond acceptors (Lipinski definition) is 3. The smallest absolute Gasteiger partial charge is 0.249 e. The monoisotopic (exact) mass is 335 g/mol. The highest BCUT2D eigenvalue weighted by atomic mass is 19.1. The van der Waals surface area contributed by atoms with Crippen molar-refractivity contribution < 1.29 is 9.13 Å². The number of rotatable bonds is 3. The van der Waals surface area contributed by atoms with Gasteiger partial charge >= 0.3 is 0 Å². The summed E-state index contributed by atoms with van der Waals surface area (Å²) >= 11 is 0. The number of fused-ring (bicyclic) bond motifs is 1. The first-order chi connectivity index (χ1) is 12.2. The summed E-state index contributed by atoms with van der Waals surface area (Å²) in [6.07, 6.45) is 3.48. The third-order valence-electron chi connectivity index (χ3n) is 4.08. The van der Waals surface area contributed by atoms with Crippen molar-refractivity contribution in [3.8, 4) is 28.1 Å². The largest absolute Gasteiger partial charge is 0.494 e. The molecule has 0 aliphatic rings. The first-order valence-electron chi connectivity index (χ1n) is 7.67. The van der Waals surface area contributed by atoms with Gasteiger partial charge in [-0.15, -0.1) is 0 Å². The predicted octanol–water partition coefficient (Wildman–Crippen LogP) is 3.73. The standard InChI is InChI=1S/C19H14FN3O2/c1-25-16-6-2-4-13(18(16)20)15-8-11(9-17(24)23-15)14-10-22-19-12(14)5-3-7-21-19/h2-10H,1H3,(H,21,22)(H,23,24). The van der Waals surface area contributed by atoms with E-state index >= 15 is 0 Å². The van der Waals surface area contributed by atoms with Crippen molar-refractivity contribution >= 4 is 11.0 Å². The minimum absolute atomic E-state index is 0.125. The van der Waals surface area contributed by atoms with Crippen molar-refractivity contribution in [1.82, 2.24) is 15.0 Å². The highest BCUT2D eigenvalue weighted by Gasteiger charge is 2.14. The molecule has 0 aliphatic heterocycles. The van der Waals surface area contributed by atoms with E-state index in [1.165, 1.54) is 19.2 Å². The van der Waals surface area contributed by atoms with Crippen LogP contribution < -0.4 is 10.3 Å². The second-order valence-electron chi connectivity index (χ2n) is 5.57. The van der Waals surface area contributed by atoms with E-state index in [1.54, 1.807) is 30.6 Å². The average molecular weight is 335 g/mol. The van der Waals surface area contributed by atoms with Crippen LogP contribution in [0.1, 0.15) is 0 Å². The number of H-pyrrole nitrogens is 2. The van der Waals surface area contributed by atoms with Gasteiger partial charge < -0.3 is 14.7 Å². The Balaban J connectivity index is 1.92. The molecule has 3 aromatic heterocycles. The molecule has 0 amide bonds. The molecule has 25 heavy (non-hydrogen) atoms. The second-order valence-corrected chi connectivity index (χ2v) is 5.57. The molecule has 1 aromatic carbocycles. The van der Waals surface area contributed by atoms with Crippen LogP contribution in [0.15, 0.2) is 59.7 Å². The summed E-state index contributed by atoms with van der Waals surface area (Å²) in [5.74, 6) is -0.390. The quantitative estimate of drug-likeness (QED) is 0.599. The number of pyridine rings is 2. The predicted molar refractivity (Wildman–Crippen MR) is 94.1 cm³/mol. The Labute approximate surface area is 142 Å². The first-order valence-corrected chi connectivity index (χ1v) is 7.67. The van der Waals surface area contributed by atoms with Gasteiger partial charge in [0.15, 0.2) is 11.6 Å². The van der Waals surface area contributed by atoms with Gasteiger partial charge in [-0.05, 0) is 35.9 Å². The fraction of sp³-hybridized carbons (Fsp3) is 0.0526. The van der Waals surface area contributed by atoms with E-state index in [0.717, 1.165) is 16.6 Å². The van der Waals surface area contributed by atoms with Crippen molar-refractivity contribution in [3.05, 3.63) is 71.0 Å². The van der Waals surface area contributed by atoms with Crippen LogP contribution in [0.4, 0.5) is 4.39 Å². The van der Waals surface area contributed by atoms with E-state index in [9.17, 15) is 9.18 Å². The van der Waals surface area contributed by atoms with Gasteiger partial charge in [-0.2, -0.15) is 0 Å². The van der Waals surface area contributed by atoms with Gasteiger partial charge in [0.1, 0.15) is 5.65 Å². The number of benzene rings is 1. The third-order valence-corrected chi connectivity index (χ3v) is 4.08. The number of nitrogens with zero attached hydrogens (tertiary/aromatic N) is 1. The molecule has 4 rings (SSSR count). The number of aromatic amines is 2. The fourth-order valence-electron chi connectivity index (χ4n) is 2.92. The Morgan fingerprint density at radius 1 is 1.12 bits per heavy atom. The molecule has 0 saturated heterocycles. The van der Waals surface area contributed by atoms with E-state index in [-0.39, 0.29) is 16.9 Å². The van der Waals surface area contributed by atoms with Crippen LogP contribution in [-0.4, -0.2) is 22.1 Å². The summed E-state index contributed by atoms with van der Waals surface area (Å²) in [7, 11) is 1.40. The molecule has 3 heterocycles. The Bertz CT molecular complexity index is 1130. The summed E-state index contributed by atoms with van der Waals surface area (Å²) in [6.45, 7) is 0. The van der Waals surface area contributed by atoms with E-state index in [2.05, 4.69) is 15.0 Å². The number of nitrogens with one attached hydrogen (secondary N) is 2. The molecular formula is C19H14FN3O2. The summed E-state index contributed by atoms with van der Waals surface area (Å²) in [5.41, 5.74) is 2.59. The molecule has 2 N–H and O–H groups in total. The molecule has 0 bridgehead atoms. The Kier molecular flexibility index (Phi) is 3.57. The molecule has 0 aliphatic carbocycles. The Morgan fingerprint density at radius 3 is 2.84 bits per heavy atom. The molecule has 5 nitrogen and oxygen atoms in total. The Morgan fingerprint density at radius 2 is 2.00 bits per heavy atom. The lowest BCUT2D eigenvalue weighted by molar-refractivity contribution is 0.387. The molecule has 0 spiro atoms. The first kappa shape index (κ1) is 15.1. The van der Waals surface area contributed by atoms with Crippen molar-refractivity contribution in [2.45, 2.75) is 0 Å². The fourth-order valence-corrected chi connectivity index (χ4v) is 2.92. The zero-order valence-electron chi connectivity index (χ0n) is 13.3. The molecule has 0 radical (unpaired) electrons. The summed E-state index contributed by atoms with van der Waals surface area (Å²) in [4.78, 5) is 22.2. The van der Waals surface area contributed by atoms with Crippen molar-refractivity contribution in [2.75, 3.05) is 7.11 Å². The molecule has 0 saturated carbocycles. The highest BCUT2D eigenvalue weighted by Crippen LogP contribution is 2.31. The summed E-state index contributed by atoms with van der Waals surface area (Å²) in [6, 6.07) is 11.8. The van der Waals surface area contributed by atoms with Crippen LogP contribution in [0.2, 0.25) is 0 Å². The SMILES string of the molecule is COc1cccc(-c2cc(-c3c[nH]c4ncccc34)cc(=O)[nH]2)c1F. The van der Waals surface area contributed by atoms with Gasteiger partial charge in [-0.3, -0.25) is 4.79 Å². The molecule has 6 heteroatoms. The third kappa shape index (κ3) is 2.57.